The third-order valence-corrected chi connectivity index (χ3v) is 3.86. The first kappa shape index (κ1) is 14.1. The predicted molar refractivity (Wildman–Crippen MR) is 79.6 cm³/mol. The first-order chi connectivity index (χ1) is 10.2. The number of aliphatic hydroxyl groups excluding tert-OH is 1. The fraction of sp³-hybridized carbons (Fsp3) is 0.438. The van der Waals surface area contributed by atoms with Crippen molar-refractivity contribution in [3.63, 3.8) is 0 Å². The molecule has 112 valence electrons. The van der Waals surface area contributed by atoms with Crippen LogP contribution in [0.4, 0.5) is 0 Å². The lowest BCUT2D eigenvalue weighted by Gasteiger charge is -2.21. The van der Waals surface area contributed by atoms with Crippen LogP contribution in [0.2, 0.25) is 0 Å². The minimum atomic E-state index is -0.356. The quantitative estimate of drug-likeness (QED) is 0.821. The molecule has 1 aromatic carbocycles. The summed E-state index contributed by atoms with van der Waals surface area (Å²) in [6.07, 6.45) is 2.32. The van der Waals surface area contributed by atoms with E-state index in [9.17, 15) is 9.90 Å². The standard InChI is InChI=1S/C16H19NO4/c1-20-13-4-5-14-11(8-16(19)21-15(14)9-13)10-17(6-7-18)12-2-3-12/h4-5,8-9,12,18H,2-3,6-7,10H2,1H3. The number of rotatable bonds is 6. The lowest BCUT2D eigenvalue weighted by molar-refractivity contribution is 0.183. The van der Waals surface area contributed by atoms with Gasteiger partial charge in [-0.15, -0.1) is 0 Å². The number of ether oxygens (including phenoxy) is 1. The molecule has 0 spiro atoms. The number of nitrogens with zero attached hydrogens (tertiary/aromatic N) is 1. The SMILES string of the molecule is COc1ccc2c(CN(CCO)C3CC3)cc(=O)oc2c1. The van der Waals surface area contributed by atoms with E-state index >= 15 is 0 Å². The van der Waals surface area contributed by atoms with E-state index in [1.165, 1.54) is 0 Å². The van der Waals surface area contributed by atoms with E-state index in [-0.39, 0.29) is 12.2 Å². The highest BCUT2D eigenvalue weighted by Crippen LogP contribution is 2.30. The van der Waals surface area contributed by atoms with Crippen molar-refractivity contribution in [1.82, 2.24) is 4.90 Å². The van der Waals surface area contributed by atoms with Gasteiger partial charge in [0.05, 0.1) is 13.7 Å². The van der Waals surface area contributed by atoms with Gasteiger partial charge in [0.25, 0.3) is 0 Å². The van der Waals surface area contributed by atoms with Gasteiger partial charge in [-0.2, -0.15) is 0 Å². The van der Waals surface area contributed by atoms with Crippen LogP contribution in [0.1, 0.15) is 18.4 Å². The molecule has 0 saturated heterocycles. The van der Waals surface area contributed by atoms with Gasteiger partial charge in [0.2, 0.25) is 0 Å². The summed E-state index contributed by atoms with van der Waals surface area (Å²) >= 11 is 0. The number of methoxy groups -OCH3 is 1. The minimum absolute atomic E-state index is 0.129. The molecule has 0 amide bonds. The average Bonchev–Trinajstić information content (AvgIpc) is 3.30. The van der Waals surface area contributed by atoms with Crippen molar-refractivity contribution in [1.29, 1.82) is 0 Å². The highest BCUT2D eigenvalue weighted by molar-refractivity contribution is 5.81. The Bertz CT molecular complexity index is 690. The highest BCUT2D eigenvalue weighted by atomic mass is 16.5. The molecule has 1 aliphatic rings. The van der Waals surface area contributed by atoms with Crippen LogP contribution in [0.5, 0.6) is 5.75 Å². The Morgan fingerprint density at radius 2 is 2.19 bits per heavy atom. The normalized spacial score (nSPS) is 14.8. The molecule has 21 heavy (non-hydrogen) atoms. The summed E-state index contributed by atoms with van der Waals surface area (Å²) in [6.45, 7) is 1.41. The highest BCUT2D eigenvalue weighted by Gasteiger charge is 2.28. The largest absolute Gasteiger partial charge is 0.497 e. The lowest BCUT2D eigenvalue weighted by Crippen LogP contribution is -2.29. The van der Waals surface area contributed by atoms with Crippen LogP contribution in [0.15, 0.2) is 33.5 Å². The molecule has 1 fully saturated rings. The minimum Gasteiger partial charge on any atom is -0.497 e. The van der Waals surface area contributed by atoms with Crippen molar-refractivity contribution >= 4 is 11.0 Å². The Morgan fingerprint density at radius 1 is 1.38 bits per heavy atom. The molecule has 0 bridgehead atoms. The number of aliphatic hydroxyl groups is 1. The maximum Gasteiger partial charge on any atom is 0.336 e. The summed E-state index contributed by atoms with van der Waals surface area (Å²) in [5, 5.41) is 10.1. The summed E-state index contributed by atoms with van der Waals surface area (Å²) in [7, 11) is 1.58. The molecule has 1 saturated carbocycles. The Balaban J connectivity index is 1.98. The Hall–Kier alpha value is -1.85. The summed E-state index contributed by atoms with van der Waals surface area (Å²) in [5.41, 5.74) is 1.12. The molecule has 5 nitrogen and oxygen atoms in total. The van der Waals surface area contributed by atoms with Crippen LogP contribution >= 0.6 is 0 Å². The van der Waals surface area contributed by atoms with Gasteiger partial charge in [-0.25, -0.2) is 4.79 Å². The van der Waals surface area contributed by atoms with Crippen molar-refractivity contribution < 1.29 is 14.3 Å². The van der Waals surface area contributed by atoms with E-state index in [0.717, 1.165) is 23.8 Å². The van der Waals surface area contributed by atoms with E-state index in [2.05, 4.69) is 4.90 Å². The second-order valence-electron chi connectivity index (χ2n) is 5.38. The van der Waals surface area contributed by atoms with Crippen molar-refractivity contribution in [2.75, 3.05) is 20.3 Å². The molecule has 0 aliphatic heterocycles. The summed E-state index contributed by atoms with van der Waals surface area (Å²) in [6, 6.07) is 7.57. The van der Waals surface area contributed by atoms with E-state index in [4.69, 9.17) is 9.15 Å². The first-order valence-electron chi connectivity index (χ1n) is 7.17. The summed E-state index contributed by atoms with van der Waals surface area (Å²) < 4.78 is 10.4. The summed E-state index contributed by atoms with van der Waals surface area (Å²) in [5.74, 6) is 0.664. The smallest absolute Gasteiger partial charge is 0.336 e. The van der Waals surface area contributed by atoms with Crippen molar-refractivity contribution in [3.8, 4) is 5.75 Å². The van der Waals surface area contributed by atoms with Gasteiger partial charge >= 0.3 is 5.63 Å². The van der Waals surface area contributed by atoms with Crippen LogP contribution in [0, 0.1) is 0 Å². The van der Waals surface area contributed by atoms with Crippen molar-refractivity contribution in [2.24, 2.45) is 0 Å². The third-order valence-electron chi connectivity index (χ3n) is 3.86. The van der Waals surface area contributed by atoms with Crippen LogP contribution in [-0.4, -0.2) is 36.3 Å². The molecular formula is C16H19NO4. The first-order valence-corrected chi connectivity index (χ1v) is 7.17. The Kier molecular flexibility index (Phi) is 3.94. The van der Waals surface area contributed by atoms with Crippen LogP contribution in [0.3, 0.4) is 0 Å². The maximum absolute atomic E-state index is 11.8. The van der Waals surface area contributed by atoms with Gasteiger partial charge in [-0.05, 0) is 30.5 Å². The molecule has 1 aromatic heterocycles. The van der Waals surface area contributed by atoms with Gasteiger partial charge in [0.15, 0.2) is 0 Å². The van der Waals surface area contributed by atoms with Crippen LogP contribution in [0.25, 0.3) is 11.0 Å². The number of hydrogen-bond acceptors (Lipinski definition) is 5. The third kappa shape index (κ3) is 3.09. The molecule has 1 heterocycles. The zero-order valence-electron chi connectivity index (χ0n) is 12.0. The van der Waals surface area contributed by atoms with Crippen LogP contribution < -0.4 is 10.4 Å². The number of fused-ring (bicyclic) bond motifs is 1. The van der Waals surface area contributed by atoms with Gasteiger partial charge < -0.3 is 14.3 Å². The summed E-state index contributed by atoms with van der Waals surface area (Å²) in [4.78, 5) is 14.0. The topological polar surface area (TPSA) is 62.9 Å². The zero-order valence-corrected chi connectivity index (χ0v) is 12.0. The molecule has 2 aromatic rings. The van der Waals surface area contributed by atoms with E-state index in [1.807, 2.05) is 12.1 Å². The van der Waals surface area contributed by atoms with E-state index in [1.54, 1.807) is 19.2 Å². The molecule has 0 atom stereocenters. The molecular weight excluding hydrogens is 270 g/mol. The van der Waals surface area contributed by atoms with Gasteiger partial charge in [0.1, 0.15) is 11.3 Å². The van der Waals surface area contributed by atoms with Crippen molar-refractivity contribution in [3.05, 3.63) is 40.2 Å². The maximum atomic E-state index is 11.8. The van der Waals surface area contributed by atoms with Gasteiger partial charge in [-0.1, -0.05) is 0 Å². The number of benzene rings is 1. The predicted octanol–water partition coefficient (Wildman–Crippen LogP) is 1.76. The van der Waals surface area contributed by atoms with Crippen LogP contribution in [-0.2, 0) is 6.54 Å². The molecule has 0 radical (unpaired) electrons. The monoisotopic (exact) mass is 289 g/mol. The fourth-order valence-corrected chi connectivity index (χ4v) is 2.65. The fourth-order valence-electron chi connectivity index (χ4n) is 2.65. The van der Waals surface area contributed by atoms with Gasteiger partial charge in [0, 0.05) is 36.7 Å². The molecule has 5 heteroatoms. The van der Waals surface area contributed by atoms with Gasteiger partial charge in [-0.3, -0.25) is 4.90 Å². The van der Waals surface area contributed by atoms with E-state index < -0.39 is 0 Å². The average molecular weight is 289 g/mol. The molecule has 0 unspecified atom stereocenters. The Labute approximate surface area is 122 Å². The molecule has 3 rings (SSSR count). The Morgan fingerprint density at radius 3 is 2.86 bits per heavy atom. The van der Waals surface area contributed by atoms with E-state index in [0.29, 0.717) is 30.5 Å². The molecule has 1 aliphatic carbocycles. The second-order valence-corrected chi connectivity index (χ2v) is 5.38. The molecule has 1 N–H and O–H groups in total. The number of hydrogen-bond donors (Lipinski definition) is 1. The van der Waals surface area contributed by atoms with Crippen molar-refractivity contribution in [2.45, 2.75) is 25.4 Å². The lowest BCUT2D eigenvalue weighted by atomic mass is 10.1. The second kappa shape index (κ2) is 5.87. The zero-order chi connectivity index (χ0) is 14.8.